The Bertz CT molecular complexity index is 1170. The fourth-order valence-electron chi connectivity index (χ4n) is 4.56. The number of aliphatic hydroxyl groups excluding tert-OH is 1. The second-order valence-corrected chi connectivity index (χ2v) is 10.2. The number of aromatic nitrogens is 4. The average molecular weight is 462 g/mol. The highest BCUT2D eigenvalue weighted by atomic mass is 16.3. The van der Waals surface area contributed by atoms with Gasteiger partial charge in [-0.3, -0.25) is 5.10 Å². The van der Waals surface area contributed by atoms with Gasteiger partial charge >= 0.3 is 0 Å². The van der Waals surface area contributed by atoms with Crippen LogP contribution in [0.1, 0.15) is 51.5 Å². The molecule has 0 saturated carbocycles. The van der Waals surface area contributed by atoms with Crippen LogP contribution in [0.25, 0.3) is 22.4 Å². The highest BCUT2D eigenvalue weighted by molar-refractivity contribution is 5.91. The molecule has 3 aromatic rings. The Morgan fingerprint density at radius 2 is 2.06 bits per heavy atom. The number of likely N-dealkylation sites (tertiary alicyclic amines) is 1. The van der Waals surface area contributed by atoms with Crippen molar-refractivity contribution in [3.63, 3.8) is 0 Å². The summed E-state index contributed by atoms with van der Waals surface area (Å²) >= 11 is 0. The van der Waals surface area contributed by atoms with Crippen molar-refractivity contribution >= 4 is 22.9 Å². The van der Waals surface area contributed by atoms with E-state index in [0.29, 0.717) is 29.4 Å². The number of piperidine rings is 1. The minimum atomic E-state index is 0.0152. The van der Waals surface area contributed by atoms with Gasteiger partial charge in [-0.2, -0.15) is 5.10 Å². The van der Waals surface area contributed by atoms with Gasteiger partial charge in [-0.15, -0.1) is 0 Å². The number of aliphatic imine (C=N–C) groups is 1. The molecule has 8 nitrogen and oxygen atoms in total. The zero-order chi connectivity index (χ0) is 24.1. The third kappa shape index (κ3) is 5.87. The van der Waals surface area contributed by atoms with E-state index in [1.165, 1.54) is 24.6 Å². The second kappa shape index (κ2) is 10.4. The number of benzene rings is 1. The number of nitrogens with one attached hydrogen (secondary N) is 1. The Morgan fingerprint density at radius 3 is 2.76 bits per heavy atom. The number of nitrogens with zero attached hydrogens (tertiary/aromatic N) is 5. The van der Waals surface area contributed by atoms with Gasteiger partial charge in [0.2, 0.25) is 0 Å². The van der Waals surface area contributed by atoms with Crippen LogP contribution in [0.5, 0.6) is 0 Å². The van der Waals surface area contributed by atoms with E-state index in [1.54, 1.807) is 18.5 Å². The molecule has 0 amide bonds. The molecule has 0 atom stereocenters. The zero-order valence-electron chi connectivity index (χ0n) is 20.3. The SMILES string of the molecule is CC(C)(C)CN1CCC(c2ccc3[nH]nc(-c4nccc(N=CC(=CN)CCO)n4)c3c2)CC1. The molecular weight excluding hydrogens is 426 g/mol. The summed E-state index contributed by atoms with van der Waals surface area (Å²) in [5.41, 5.74) is 9.71. The van der Waals surface area contributed by atoms with Crippen molar-refractivity contribution in [1.29, 1.82) is 0 Å². The first-order valence-corrected chi connectivity index (χ1v) is 12.0. The number of hydrogen-bond acceptors (Lipinski definition) is 7. The first-order chi connectivity index (χ1) is 16.4. The summed E-state index contributed by atoms with van der Waals surface area (Å²) in [5.74, 6) is 1.59. The van der Waals surface area contributed by atoms with Crippen LogP contribution >= 0.6 is 0 Å². The molecule has 1 aliphatic heterocycles. The van der Waals surface area contributed by atoms with E-state index in [9.17, 15) is 0 Å². The summed E-state index contributed by atoms with van der Waals surface area (Å²) in [7, 11) is 0. The van der Waals surface area contributed by atoms with Crippen LogP contribution in [-0.2, 0) is 0 Å². The molecule has 1 saturated heterocycles. The molecule has 3 heterocycles. The van der Waals surface area contributed by atoms with E-state index in [1.807, 2.05) is 0 Å². The van der Waals surface area contributed by atoms with Crippen LogP contribution in [0.15, 0.2) is 47.2 Å². The number of nitrogens with two attached hydrogens (primary N) is 1. The topological polar surface area (TPSA) is 116 Å². The lowest BCUT2D eigenvalue weighted by atomic mass is 9.87. The van der Waals surface area contributed by atoms with Crippen LogP contribution in [0, 0.1) is 5.41 Å². The Morgan fingerprint density at radius 1 is 1.26 bits per heavy atom. The summed E-state index contributed by atoms with van der Waals surface area (Å²) < 4.78 is 0. The molecule has 8 heteroatoms. The van der Waals surface area contributed by atoms with E-state index in [2.05, 4.69) is 69.0 Å². The van der Waals surface area contributed by atoms with E-state index < -0.39 is 0 Å². The van der Waals surface area contributed by atoms with Crippen LogP contribution in [0.2, 0.25) is 0 Å². The molecule has 1 aliphatic rings. The average Bonchev–Trinajstić information content (AvgIpc) is 3.25. The summed E-state index contributed by atoms with van der Waals surface area (Å²) in [6.45, 7) is 10.3. The van der Waals surface area contributed by atoms with E-state index in [0.717, 1.165) is 41.8 Å². The second-order valence-electron chi connectivity index (χ2n) is 10.2. The summed E-state index contributed by atoms with van der Waals surface area (Å²) in [5, 5.41) is 17.8. The third-order valence-electron chi connectivity index (χ3n) is 6.17. The van der Waals surface area contributed by atoms with E-state index >= 15 is 0 Å². The first kappa shape index (κ1) is 24.0. The Balaban J connectivity index is 1.54. The predicted molar refractivity (Wildman–Crippen MR) is 137 cm³/mol. The highest BCUT2D eigenvalue weighted by Gasteiger charge is 2.24. The van der Waals surface area contributed by atoms with Crippen LogP contribution in [0.4, 0.5) is 5.82 Å². The van der Waals surface area contributed by atoms with Gasteiger partial charge in [0.05, 0.1) is 5.52 Å². The number of aromatic amines is 1. The summed E-state index contributed by atoms with van der Waals surface area (Å²) in [6.07, 6.45) is 7.52. The van der Waals surface area contributed by atoms with Gasteiger partial charge in [0.25, 0.3) is 0 Å². The van der Waals surface area contributed by atoms with Gasteiger partial charge in [0.15, 0.2) is 11.6 Å². The number of H-pyrrole nitrogens is 1. The van der Waals surface area contributed by atoms with Crippen molar-refractivity contribution < 1.29 is 5.11 Å². The van der Waals surface area contributed by atoms with Gasteiger partial charge < -0.3 is 15.7 Å². The Kier molecular flexibility index (Phi) is 7.38. The van der Waals surface area contributed by atoms with Gasteiger partial charge in [-0.1, -0.05) is 26.8 Å². The monoisotopic (exact) mass is 461 g/mol. The maximum absolute atomic E-state index is 9.11. The molecule has 0 bridgehead atoms. The molecular formula is C26H35N7O. The predicted octanol–water partition coefficient (Wildman–Crippen LogP) is 4.17. The van der Waals surface area contributed by atoms with Crippen molar-refractivity contribution in [2.45, 2.75) is 46.0 Å². The minimum Gasteiger partial charge on any atom is -0.404 e. The number of hydrogen-bond donors (Lipinski definition) is 3. The fraction of sp³-hybridized carbons (Fsp3) is 0.462. The van der Waals surface area contributed by atoms with Crippen molar-refractivity contribution in [2.75, 3.05) is 26.2 Å². The largest absolute Gasteiger partial charge is 0.404 e. The molecule has 1 aromatic carbocycles. The lowest BCUT2D eigenvalue weighted by molar-refractivity contribution is 0.154. The van der Waals surface area contributed by atoms with Gasteiger partial charge in [0, 0.05) is 37.0 Å². The highest BCUT2D eigenvalue weighted by Crippen LogP contribution is 2.33. The zero-order valence-corrected chi connectivity index (χ0v) is 20.3. The smallest absolute Gasteiger partial charge is 0.182 e. The van der Waals surface area contributed by atoms with Crippen LogP contribution < -0.4 is 5.73 Å². The molecule has 180 valence electrons. The van der Waals surface area contributed by atoms with Gasteiger partial charge in [-0.25, -0.2) is 15.0 Å². The maximum Gasteiger partial charge on any atom is 0.182 e. The molecule has 0 aliphatic carbocycles. The quantitative estimate of drug-likeness (QED) is 0.455. The van der Waals surface area contributed by atoms with Crippen molar-refractivity contribution in [3.05, 3.63) is 47.8 Å². The number of rotatable bonds is 7. The van der Waals surface area contributed by atoms with Crippen LogP contribution in [-0.4, -0.2) is 62.6 Å². The van der Waals surface area contributed by atoms with Crippen molar-refractivity contribution in [2.24, 2.45) is 16.1 Å². The molecule has 1 fully saturated rings. The summed E-state index contributed by atoms with van der Waals surface area (Å²) in [4.78, 5) is 16.0. The molecule has 4 rings (SSSR count). The maximum atomic E-state index is 9.11. The number of aliphatic hydroxyl groups is 1. The molecule has 0 unspecified atom stereocenters. The normalized spacial score (nSPS) is 16.6. The van der Waals surface area contributed by atoms with Crippen LogP contribution in [0.3, 0.4) is 0 Å². The summed E-state index contributed by atoms with van der Waals surface area (Å²) in [6, 6.07) is 8.31. The lowest BCUT2D eigenvalue weighted by Gasteiger charge is -2.36. The van der Waals surface area contributed by atoms with E-state index in [-0.39, 0.29) is 6.61 Å². The van der Waals surface area contributed by atoms with Gasteiger partial charge in [-0.05, 0) is 73.2 Å². The molecule has 4 N–H and O–H groups in total. The molecule has 34 heavy (non-hydrogen) atoms. The molecule has 0 spiro atoms. The Hall–Kier alpha value is -3.10. The first-order valence-electron chi connectivity index (χ1n) is 12.0. The fourth-order valence-corrected chi connectivity index (χ4v) is 4.56. The van der Waals surface area contributed by atoms with Crippen molar-refractivity contribution in [1.82, 2.24) is 25.1 Å². The lowest BCUT2D eigenvalue weighted by Crippen LogP contribution is -2.38. The standard InChI is InChI=1S/C26H35N7O/c1-26(2,3)17-33-11-7-19(8-12-33)20-4-5-22-21(14-20)24(32-31-22)25-28-10-6-23(30-25)29-16-18(15-27)9-13-34/h4-6,10,14-16,19,34H,7-9,11-13,17,27H2,1-3H3,(H,31,32). The minimum absolute atomic E-state index is 0.0152. The van der Waals surface area contributed by atoms with Gasteiger partial charge in [0.1, 0.15) is 5.69 Å². The number of fused-ring (bicyclic) bond motifs is 1. The molecule has 2 aromatic heterocycles. The molecule has 0 radical (unpaired) electrons. The van der Waals surface area contributed by atoms with Crippen molar-refractivity contribution in [3.8, 4) is 11.5 Å². The van der Waals surface area contributed by atoms with E-state index in [4.69, 9.17) is 10.8 Å². The third-order valence-corrected chi connectivity index (χ3v) is 6.17. The Labute approximate surface area is 201 Å².